The zero-order valence-electron chi connectivity index (χ0n) is 9.77. The number of carbonyl (C=O) groups is 1. The highest BCUT2D eigenvalue weighted by molar-refractivity contribution is 9.10. The Balaban J connectivity index is 2.28. The summed E-state index contributed by atoms with van der Waals surface area (Å²) in [5, 5.41) is 12.4. The van der Waals surface area contributed by atoms with Crippen LogP contribution in [0.4, 0.5) is 5.69 Å². The molecule has 0 atom stereocenters. The summed E-state index contributed by atoms with van der Waals surface area (Å²) in [5.74, 6) is -0.368. The normalized spacial score (nSPS) is 10.1. The fraction of sp³-hybridized carbons (Fsp3) is 0.0714. The highest BCUT2D eigenvalue weighted by atomic mass is 79.9. The van der Waals surface area contributed by atoms with E-state index in [2.05, 4.69) is 21.2 Å². The molecular weight excluding hydrogens is 294 g/mol. The Hall–Kier alpha value is -1.81. The van der Waals surface area contributed by atoms with Gasteiger partial charge in [-0.05, 0) is 36.8 Å². The minimum atomic E-state index is -0.330. The van der Waals surface area contributed by atoms with Crippen LogP contribution in [0.3, 0.4) is 0 Å². The Morgan fingerprint density at radius 2 is 1.94 bits per heavy atom. The summed E-state index contributed by atoms with van der Waals surface area (Å²) in [7, 11) is 0. The first-order valence-electron chi connectivity index (χ1n) is 5.43. The third kappa shape index (κ3) is 2.71. The van der Waals surface area contributed by atoms with Crippen LogP contribution < -0.4 is 5.32 Å². The molecule has 2 rings (SSSR count). The van der Waals surface area contributed by atoms with E-state index in [0.29, 0.717) is 0 Å². The Morgan fingerprint density at radius 1 is 1.22 bits per heavy atom. The number of rotatable bonds is 2. The minimum Gasteiger partial charge on any atom is -0.507 e. The quantitative estimate of drug-likeness (QED) is 0.888. The van der Waals surface area contributed by atoms with Gasteiger partial charge in [0.05, 0.1) is 5.56 Å². The topological polar surface area (TPSA) is 49.3 Å². The highest BCUT2D eigenvalue weighted by Gasteiger charge is 2.12. The van der Waals surface area contributed by atoms with Gasteiger partial charge < -0.3 is 10.4 Å². The monoisotopic (exact) mass is 305 g/mol. The number of phenols is 1. The largest absolute Gasteiger partial charge is 0.507 e. The van der Waals surface area contributed by atoms with E-state index >= 15 is 0 Å². The van der Waals surface area contributed by atoms with Gasteiger partial charge in [-0.15, -0.1) is 0 Å². The zero-order chi connectivity index (χ0) is 13.1. The van der Waals surface area contributed by atoms with Crippen molar-refractivity contribution in [2.75, 3.05) is 5.32 Å². The second-order valence-corrected chi connectivity index (χ2v) is 4.85. The highest BCUT2D eigenvalue weighted by Crippen LogP contribution is 2.23. The van der Waals surface area contributed by atoms with Gasteiger partial charge in [0.25, 0.3) is 5.91 Å². The first-order chi connectivity index (χ1) is 8.58. The lowest BCUT2D eigenvalue weighted by molar-refractivity contribution is 0.102. The van der Waals surface area contributed by atoms with Crippen LogP contribution in [-0.4, -0.2) is 11.0 Å². The van der Waals surface area contributed by atoms with Crippen molar-refractivity contribution in [3.8, 4) is 5.75 Å². The predicted molar refractivity (Wildman–Crippen MR) is 74.9 cm³/mol. The third-order valence-corrected chi connectivity index (χ3v) is 3.09. The molecule has 2 aromatic carbocycles. The molecule has 0 aliphatic rings. The lowest BCUT2D eigenvalue weighted by atomic mass is 10.1. The SMILES string of the molecule is Cc1ccccc1NC(=O)c1cc(Br)ccc1O. The summed E-state index contributed by atoms with van der Waals surface area (Å²) in [6.07, 6.45) is 0. The first kappa shape index (κ1) is 12.6. The van der Waals surface area contributed by atoms with Crippen LogP contribution in [0.1, 0.15) is 15.9 Å². The number of carbonyl (C=O) groups excluding carboxylic acids is 1. The third-order valence-electron chi connectivity index (χ3n) is 2.60. The van der Waals surface area contributed by atoms with Gasteiger partial charge in [0.1, 0.15) is 5.75 Å². The summed E-state index contributed by atoms with van der Waals surface area (Å²) >= 11 is 3.27. The average Bonchev–Trinajstić information content (AvgIpc) is 2.35. The van der Waals surface area contributed by atoms with E-state index < -0.39 is 0 Å². The van der Waals surface area contributed by atoms with E-state index in [1.165, 1.54) is 6.07 Å². The fourth-order valence-electron chi connectivity index (χ4n) is 1.59. The number of halogens is 1. The van der Waals surface area contributed by atoms with Gasteiger partial charge in [-0.25, -0.2) is 0 Å². The molecule has 0 aliphatic carbocycles. The maximum absolute atomic E-state index is 12.0. The molecule has 0 spiro atoms. The Bertz CT molecular complexity index is 596. The van der Waals surface area contributed by atoms with Gasteiger partial charge in [-0.2, -0.15) is 0 Å². The lowest BCUT2D eigenvalue weighted by Crippen LogP contribution is -2.12. The Labute approximate surface area is 114 Å². The number of aromatic hydroxyl groups is 1. The molecule has 92 valence electrons. The molecule has 0 saturated heterocycles. The predicted octanol–water partition coefficient (Wildman–Crippen LogP) is 3.72. The van der Waals surface area contributed by atoms with Gasteiger partial charge >= 0.3 is 0 Å². The van der Waals surface area contributed by atoms with Gasteiger partial charge in [-0.3, -0.25) is 4.79 Å². The van der Waals surface area contributed by atoms with Crippen LogP contribution in [0.25, 0.3) is 0 Å². The Morgan fingerprint density at radius 3 is 2.67 bits per heavy atom. The summed E-state index contributed by atoms with van der Waals surface area (Å²) in [6, 6.07) is 12.2. The molecule has 0 saturated carbocycles. The summed E-state index contributed by atoms with van der Waals surface area (Å²) in [6.45, 7) is 1.91. The molecule has 0 bridgehead atoms. The fourth-order valence-corrected chi connectivity index (χ4v) is 1.95. The number of amides is 1. The van der Waals surface area contributed by atoms with Crippen molar-refractivity contribution in [2.45, 2.75) is 6.92 Å². The molecule has 4 heteroatoms. The second-order valence-electron chi connectivity index (χ2n) is 3.93. The van der Waals surface area contributed by atoms with Gasteiger partial charge in [0, 0.05) is 10.2 Å². The van der Waals surface area contributed by atoms with Crippen molar-refractivity contribution >= 4 is 27.5 Å². The molecule has 0 fully saturated rings. The number of nitrogens with one attached hydrogen (secondary N) is 1. The number of para-hydroxylation sites is 1. The molecule has 0 heterocycles. The van der Waals surface area contributed by atoms with E-state index in [1.807, 2.05) is 31.2 Å². The number of phenolic OH excluding ortho intramolecular Hbond substituents is 1. The zero-order valence-corrected chi connectivity index (χ0v) is 11.4. The molecule has 1 amide bonds. The molecule has 0 unspecified atom stereocenters. The second kappa shape index (κ2) is 5.23. The van der Waals surface area contributed by atoms with Crippen LogP contribution in [-0.2, 0) is 0 Å². The van der Waals surface area contributed by atoms with Crippen molar-refractivity contribution < 1.29 is 9.90 Å². The maximum Gasteiger partial charge on any atom is 0.259 e. The molecule has 0 aliphatic heterocycles. The van der Waals surface area contributed by atoms with Crippen LogP contribution >= 0.6 is 15.9 Å². The summed E-state index contributed by atoms with van der Waals surface area (Å²) in [4.78, 5) is 12.0. The van der Waals surface area contributed by atoms with Gasteiger partial charge in [0.15, 0.2) is 0 Å². The van der Waals surface area contributed by atoms with Crippen LogP contribution in [0.2, 0.25) is 0 Å². The van der Waals surface area contributed by atoms with Gasteiger partial charge in [-0.1, -0.05) is 34.1 Å². The smallest absolute Gasteiger partial charge is 0.259 e. The Kier molecular flexibility index (Phi) is 3.67. The average molecular weight is 306 g/mol. The van der Waals surface area contributed by atoms with Crippen molar-refractivity contribution in [3.05, 3.63) is 58.1 Å². The number of hydrogen-bond acceptors (Lipinski definition) is 2. The van der Waals surface area contributed by atoms with E-state index in [-0.39, 0.29) is 17.2 Å². The minimum absolute atomic E-state index is 0.0377. The molecule has 0 radical (unpaired) electrons. The van der Waals surface area contributed by atoms with E-state index in [9.17, 15) is 9.90 Å². The van der Waals surface area contributed by atoms with Crippen molar-refractivity contribution in [2.24, 2.45) is 0 Å². The standard InChI is InChI=1S/C14H12BrNO2/c1-9-4-2-3-5-12(9)16-14(18)11-8-10(15)6-7-13(11)17/h2-8,17H,1H3,(H,16,18). The molecule has 0 aromatic heterocycles. The van der Waals surface area contributed by atoms with E-state index in [1.54, 1.807) is 12.1 Å². The van der Waals surface area contributed by atoms with Crippen LogP contribution in [0, 0.1) is 6.92 Å². The van der Waals surface area contributed by atoms with Crippen molar-refractivity contribution in [1.82, 2.24) is 0 Å². The maximum atomic E-state index is 12.0. The molecule has 3 nitrogen and oxygen atoms in total. The lowest BCUT2D eigenvalue weighted by Gasteiger charge is -2.09. The van der Waals surface area contributed by atoms with Crippen LogP contribution in [0.5, 0.6) is 5.75 Å². The van der Waals surface area contributed by atoms with Crippen molar-refractivity contribution in [1.29, 1.82) is 0 Å². The number of anilines is 1. The first-order valence-corrected chi connectivity index (χ1v) is 6.23. The summed E-state index contributed by atoms with van der Waals surface area (Å²) < 4.78 is 0.746. The number of aryl methyl sites for hydroxylation is 1. The van der Waals surface area contributed by atoms with E-state index in [4.69, 9.17) is 0 Å². The molecule has 2 N–H and O–H groups in total. The van der Waals surface area contributed by atoms with Crippen LogP contribution in [0.15, 0.2) is 46.9 Å². The van der Waals surface area contributed by atoms with E-state index in [0.717, 1.165) is 15.7 Å². The molecule has 2 aromatic rings. The molecule has 18 heavy (non-hydrogen) atoms. The van der Waals surface area contributed by atoms with Gasteiger partial charge in [0.2, 0.25) is 0 Å². The van der Waals surface area contributed by atoms with Crippen molar-refractivity contribution in [3.63, 3.8) is 0 Å². The summed E-state index contributed by atoms with van der Waals surface area (Å²) in [5.41, 5.74) is 1.95. The number of hydrogen-bond donors (Lipinski definition) is 2. The number of benzene rings is 2. The molecular formula is C14H12BrNO2.